The molecule has 0 amide bonds. The van der Waals surface area contributed by atoms with Gasteiger partial charge in [0.25, 0.3) is 0 Å². The average molecular weight is 1630 g/mol. The summed E-state index contributed by atoms with van der Waals surface area (Å²) in [6, 6.07) is 138. The van der Waals surface area contributed by atoms with Crippen molar-refractivity contribution < 1.29 is 0 Å². The van der Waals surface area contributed by atoms with Crippen molar-refractivity contribution in [3.05, 3.63) is 477 Å². The van der Waals surface area contributed by atoms with Crippen LogP contribution in [0.3, 0.4) is 0 Å². The van der Waals surface area contributed by atoms with E-state index >= 15 is 0 Å². The molecule has 0 fully saturated rings. The second-order valence-corrected chi connectivity index (χ2v) is 37.9. The molecule has 0 spiro atoms. The number of para-hydroxylation sites is 5. The zero-order valence-electron chi connectivity index (χ0n) is 76.3. The molecule has 0 N–H and O–H groups in total. The van der Waals surface area contributed by atoms with Gasteiger partial charge in [0.2, 0.25) is 0 Å². The molecule has 0 unspecified atom stereocenters. The molecule has 17 aromatic carbocycles. The molecule has 0 saturated heterocycles. The van der Waals surface area contributed by atoms with E-state index < -0.39 is 0 Å². The Morgan fingerprint density at radius 1 is 0.183 bits per heavy atom. The van der Waals surface area contributed by atoms with Crippen LogP contribution in [0.4, 0.5) is 0 Å². The molecule has 126 heavy (non-hydrogen) atoms. The van der Waals surface area contributed by atoms with Gasteiger partial charge >= 0.3 is 0 Å². The van der Waals surface area contributed by atoms with Gasteiger partial charge < -0.3 is 9.13 Å². The highest BCUT2D eigenvalue weighted by Crippen LogP contribution is 2.55. The summed E-state index contributed by atoms with van der Waals surface area (Å²) in [7, 11) is 0. The molecule has 24 rings (SSSR count). The molecule has 2 nitrogen and oxygen atoms in total. The molecule has 0 aliphatic heterocycles. The lowest BCUT2D eigenvalue weighted by Crippen LogP contribution is -2.16. The van der Waals surface area contributed by atoms with E-state index in [1.54, 1.807) is 0 Å². The first-order valence-electron chi connectivity index (χ1n) is 45.0. The van der Waals surface area contributed by atoms with Gasteiger partial charge in [-0.2, -0.15) is 0 Å². The molecular weight excluding hydrogens is 1520 g/mol. The Kier molecular flexibility index (Phi) is 21.9. The first-order chi connectivity index (χ1) is 60.7. The van der Waals surface area contributed by atoms with Crippen LogP contribution in [-0.2, 0) is 27.1 Å². The highest BCUT2D eigenvalue weighted by Gasteiger charge is 2.40. The van der Waals surface area contributed by atoms with E-state index in [0.29, 0.717) is 0 Å². The van der Waals surface area contributed by atoms with Crippen LogP contribution >= 0.6 is 0 Å². The van der Waals surface area contributed by atoms with Gasteiger partial charge in [-0.25, -0.2) is 0 Å². The normalized spacial score (nSPS) is 14.1. The maximum Gasteiger partial charge on any atom is 0.0570 e. The molecule has 0 radical (unpaired) electrons. The predicted octanol–water partition coefficient (Wildman–Crippen LogP) is 33.4. The third-order valence-corrected chi connectivity index (χ3v) is 27.8. The van der Waals surface area contributed by atoms with E-state index in [2.05, 4.69) is 509 Å². The van der Waals surface area contributed by atoms with Gasteiger partial charge in [0, 0.05) is 60.0 Å². The second-order valence-electron chi connectivity index (χ2n) is 37.9. The number of nitrogens with zero attached hydrogens (tertiary/aromatic N) is 2. The lowest BCUT2D eigenvalue weighted by atomic mass is 9.80. The molecule has 620 valence electrons. The van der Waals surface area contributed by atoms with Gasteiger partial charge in [-0.1, -0.05) is 425 Å². The lowest BCUT2D eigenvalue weighted by molar-refractivity contribution is 0.655. The number of rotatable bonds is 3. The Hall–Kier alpha value is -13.7. The summed E-state index contributed by atoms with van der Waals surface area (Å²) in [5, 5.41) is 5.26. The minimum Gasteiger partial charge on any atom is -0.309 e. The van der Waals surface area contributed by atoms with E-state index in [1.165, 1.54) is 216 Å². The number of aromatic nitrogens is 2. The van der Waals surface area contributed by atoms with Crippen molar-refractivity contribution in [1.29, 1.82) is 0 Å². The fourth-order valence-electron chi connectivity index (χ4n) is 21.3. The number of aryl methyl sites for hydroxylation is 7. The molecule has 5 aliphatic rings. The quantitative estimate of drug-likeness (QED) is 0.167. The number of hydrogen-bond acceptors (Lipinski definition) is 0. The van der Waals surface area contributed by atoms with Gasteiger partial charge in [-0.05, 0) is 236 Å². The van der Waals surface area contributed by atoms with Gasteiger partial charge in [-0.3, -0.25) is 0 Å². The van der Waals surface area contributed by atoms with Gasteiger partial charge in [0.15, 0.2) is 0 Å². The molecule has 5 aliphatic carbocycles. The number of hydrogen-bond donors (Lipinski definition) is 0. The van der Waals surface area contributed by atoms with Crippen molar-refractivity contribution in [2.75, 3.05) is 0 Å². The van der Waals surface area contributed by atoms with E-state index in [1.807, 2.05) is 0 Å². The standard InChI is InChI=1S/C22H20.2C19H15N.4C16H16/c1-15-9-11-18-19-12-10-17(16-7-5-4-6-8-16)14-21(19)22(2,3)20(18)13-15;1-14-10-12-15(13-11-14)20-18-8-4-2-6-16(18)17-7-3-5-9-19(17)20;1-14-8-7-12-17-16-11-5-6-13-18(16)20(19(14)17)15-9-3-2-4-10-15;1-11-7-6-9-13-12-8-4-5-10-14(12)16(2,3)15(11)13;1-11-7-6-10-14-15(11)12-8-4-5-9-13(12)16(14,2)3;1-11-8-9-15-13(10-11)12-6-4-5-7-14(12)16(15,2)3;1-11-8-9-13-12-6-4-5-7-14(12)16(2,3)15(13)10-11/h4-14H,1-3H3;2*2-13H,1H3;4*4-10H,1-3H3. The van der Waals surface area contributed by atoms with E-state index in [0.717, 1.165) is 0 Å². The Balaban J connectivity index is 0.000000100. The highest BCUT2D eigenvalue weighted by atomic mass is 15.0. The summed E-state index contributed by atoms with van der Waals surface area (Å²) >= 11 is 0. The van der Waals surface area contributed by atoms with Crippen LogP contribution in [0.2, 0.25) is 0 Å². The zero-order chi connectivity index (χ0) is 87.7. The minimum absolute atomic E-state index is 0.0709. The summed E-state index contributed by atoms with van der Waals surface area (Å²) in [6.45, 7) is 38.4. The van der Waals surface area contributed by atoms with Crippen LogP contribution in [0.25, 0.3) is 122 Å². The Morgan fingerprint density at radius 2 is 0.524 bits per heavy atom. The van der Waals surface area contributed by atoms with Crippen LogP contribution in [-0.4, -0.2) is 9.13 Å². The van der Waals surface area contributed by atoms with Crippen molar-refractivity contribution in [2.45, 2.75) is 145 Å². The van der Waals surface area contributed by atoms with E-state index in [4.69, 9.17) is 0 Å². The molecule has 0 atom stereocenters. The molecule has 0 bridgehead atoms. The first kappa shape index (κ1) is 83.2. The number of fused-ring (bicyclic) bond motifs is 21. The van der Waals surface area contributed by atoms with E-state index in [-0.39, 0.29) is 27.1 Å². The van der Waals surface area contributed by atoms with Crippen molar-refractivity contribution >= 4 is 43.6 Å². The maximum absolute atomic E-state index is 2.38. The predicted molar refractivity (Wildman–Crippen MR) is 540 cm³/mol. The third-order valence-electron chi connectivity index (χ3n) is 27.8. The monoisotopic (exact) mass is 1630 g/mol. The molecule has 19 aromatic rings. The lowest BCUT2D eigenvalue weighted by Gasteiger charge is -2.23. The molecule has 2 aromatic heterocycles. The SMILES string of the molecule is Cc1ccc(-n2c3ccccc3c3ccccc32)cc1.Cc1ccc2c(c1)-c1ccccc1C2(C)C.Cc1ccc2c(c1)C(C)(C)c1cc(-c3ccccc3)ccc1-2.Cc1ccc2c(c1)C(C)(C)c1ccccc1-2.Cc1cccc2c1-c1ccccc1C2(C)C.Cc1cccc2c1C(C)(C)c1ccccc1-2.Cc1cccc2c3ccccc3n(-c3ccccc3)c12. The average Bonchev–Trinajstić information content (AvgIpc) is 1.56. The molecular formula is C124H114N2. The van der Waals surface area contributed by atoms with Crippen molar-refractivity contribution in [2.24, 2.45) is 0 Å². The fourth-order valence-corrected chi connectivity index (χ4v) is 21.3. The third kappa shape index (κ3) is 14.7. The Bertz CT molecular complexity index is 7280. The topological polar surface area (TPSA) is 9.86 Å². The Labute approximate surface area is 747 Å². The summed E-state index contributed by atoms with van der Waals surface area (Å²) in [6.07, 6.45) is 0. The first-order valence-corrected chi connectivity index (χ1v) is 45.0. The van der Waals surface area contributed by atoms with Crippen molar-refractivity contribution in [3.63, 3.8) is 0 Å². The largest absolute Gasteiger partial charge is 0.309 e. The minimum atomic E-state index is 0.0709. The maximum atomic E-state index is 2.38. The van der Waals surface area contributed by atoms with Crippen LogP contribution in [0, 0.1) is 48.5 Å². The van der Waals surface area contributed by atoms with Gasteiger partial charge in [-0.15, -0.1) is 0 Å². The summed E-state index contributed by atoms with van der Waals surface area (Å²) in [5.74, 6) is 0. The fraction of sp³-hybridized carbons (Fsp3) is 0.177. The van der Waals surface area contributed by atoms with Crippen molar-refractivity contribution in [1.82, 2.24) is 9.13 Å². The summed E-state index contributed by atoms with van der Waals surface area (Å²) in [4.78, 5) is 0. The zero-order valence-corrected chi connectivity index (χ0v) is 76.3. The molecule has 2 heterocycles. The van der Waals surface area contributed by atoms with Crippen LogP contribution in [0.1, 0.15) is 164 Å². The smallest absolute Gasteiger partial charge is 0.0570 e. The summed E-state index contributed by atoms with van der Waals surface area (Å²) in [5.41, 5.74) is 48.9. The van der Waals surface area contributed by atoms with Crippen LogP contribution < -0.4 is 0 Å². The van der Waals surface area contributed by atoms with Crippen LogP contribution in [0.15, 0.2) is 382 Å². The number of benzene rings is 17. The molecule has 0 saturated carbocycles. The van der Waals surface area contributed by atoms with Gasteiger partial charge in [0.05, 0.1) is 22.1 Å². The van der Waals surface area contributed by atoms with Gasteiger partial charge in [0.1, 0.15) is 0 Å². The summed E-state index contributed by atoms with van der Waals surface area (Å²) < 4.78 is 4.70. The van der Waals surface area contributed by atoms with Crippen molar-refractivity contribution in [3.8, 4) is 78.1 Å². The van der Waals surface area contributed by atoms with Crippen LogP contribution in [0.5, 0.6) is 0 Å². The highest BCUT2D eigenvalue weighted by molar-refractivity contribution is 6.11. The Morgan fingerprint density at radius 3 is 1.10 bits per heavy atom. The van der Waals surface area contributed by atoms with E-state index in [9.17, 15) is 0 Å². The molecule has 2 heteroatoms. The second kappa shape index (κ2) is 33.1.